The number of azo groups is 1. The van der Waals surface area contributed by atoms with Crippen LogP contribution in [-0.2, 0) is 0 Å². The second kappa shape index (κ2) is 4.91. The van der Waals surface area contributed by atoms with Crippen molar-refractivity contribution in [2.45, 2.75) is 20.8 Å². The topological polar surface area (TPSA) is 24.7 Å². The van der Waals surface area contributed by atoms with Gasteiger partial charge in [0.25, 0.3) is 0 Å². The minimum Gasteiger partial charge on any atom is -0.151 e. The van der Waals surface area contributed by atoms with Gasteiger partial charge < -0.3 is 0 Å². The van der Waals surface area contributed by atoms with Gasteiger partial charge in [0.05, 0.1) is 11.4 Å². The van der Waals surface area contributed by atoms with E-state index in [1.807, 2.05) is 30.3 Å². The fraction of sp³-hybridized carbons (Fsp3) is 0.200. The van der Waals surface area contributed by atoms with Gasteiger partial charge in [-0.05, 0) is 55.7 Å². The molecule has 0 spiro atoms. The highest BCUT2D eigenvalue weighted by atomic mass is 15.1. The Morgan fingerprint density at radius 3 is 2.06 bits per heavy atom. The van der Waals surface area contributed by atoms with Crippen molar-refractivity contribution in [1.29, 1.82) is 0 Å². The minimum absolute atomic E-state index is 0.880. The zero-order valence-electron chi connectivity index (χ0n) is 10.4. The molecule has 0 heterocycles. The Hall–Kier alpha value is -1.96. The molecule has 0 fully saturated rings. The maximum Gasteiger partial charge on any atom is 0.0889 e. The summed E-state index contributed by atoms with van der Waals surface area (Å²) in [6.07, 6.45) is 0. The lowest BCUT2D eigenvalue weighted by molar-refractivity contribution is 1.19. The van der Waals surface area contributed by atoms with Crippen LogP contribution in [0.4, 0.5) is 11.4 Å². The van der Waals surface area contributed by atoms with Crippen molar-refractivity contribution < 1.29 is 0 Å². The van der Waals surface area contributed by atoms with Crippen molar-refractivity contribution in [1.82, 2.24) is 0 Å². The molecule has 0 aliphatic rings. The quantitative estimate of drug-likeness (QED) is 0.639. The second-order valence-corrected chi connectivity index (χ2v) is 4.26. The zero-order chi connectivity index (χ0) is 12.3. The van der Waals surface area contributed by atoms with Gasteiger partial charge in [-0.15, -0.1) is 0 Å². The molecule has 0 atom stereocenters. The molecular weight excluding hydrogens is 208 g/mol. The van der Waals surface area contributed by atoms with Crippen LogP contribution in [0.15, 0.2) is 52.7 Å². The fourth-order valence-corrected chi connectivity index (χ4v) is 1.66. The van der Waals surface area contributed by atoms with Gasteiger partial charge >= 0.3 is 0 Å². The molecule has 2 heteroatoms. The Balaban J connectivity index is 2.31. The van der Waals surface area contributed by atoms with E-state index in [9.17, 15) is 0 Å². The van der Waals surface area contributed by atoms with Crippen LogP contribution in [0.2, 0.25) is 0 Å². The molecule has 0 N–H and O–H groups in total. The first kappa shape index (κ1) is 11.5. The van der Waals surface area contributed by atoms with Gasteiger partial charge in [0, 0.05) is 0 Å². The Morgan fingerprint density at radius 1 is 0.706 bits per heavy atom. The summed E-state index contributed by atoms with van der Waals surface area (Å²) < 4.78 is 0. The average molecular weight is 224 g/mol. The van der Waals surface area contributed by atoms with Crippen molar-refractivity contribution in [2.75, 3.05) is 0 Å². The smallest absolute Gasteiger partial charge is 0.0889 e. The van der Waals surface area contributed by atoms with Gasteiger partial charge in [0.2, 0.25) is 0 Å². The standard InChI is InChI=1S/C15H16N2/c1-11-9-13(3)15(10-12(11)2)17-16-14-7-5-4-6-8-14/h4-10H,1-3H3. The molecule has 86 valence electrons. The highest BCUT2D eigenvalue weighted by Crippen LogP contribution is 2.24. The summed E-state index contributed by atoms with van der Waals surface area (Å²) in [6.45, 7) is 6.27. The first-order valence-corrected chi connectivity index (χ1v) is 5.71. The molecule has 2 aromatic rings. The van der Waals surface area contributed by atoms with Gasteiger partial charge in [-0.25, -0.2) is 0 Å². The third-order valence-electron chi connectivity index (χ3n) is 2.84. The van der Waals surface area contributed by atoms with E-state index in [1.54, 1.807) is 0 Å². The van der Waals surface area contributed by atoms with E-state index in [4.69, 9.17) is 0 Å². The van der Waals surface area contributed by atoms with Crippen LogP contribution < -0.4 is 0 Å². The number of aryl methyl sites for hydroxylation is 3. The minimum atomic E-state index is 0.880. The van der Waals surface area contributed by atoms with Crippen molar-refractivity contribution in [2.24, 2.45) is 10.2 Å². The molecule has 0 aliphatic carbocycles. The summed E-state index contributed by atoms with van der Waals surface area (Å²) in [7, 11) is 0. The number of hydrogen-bond acceptors (Lipinski definition) is 2. The summed E-state index contributed by atoms with van der Waals surface area (Å²) in [4.78, 5) is 0. The summed E-state index contributed by atoms with van der Waals surface area (Å²) in [5, 5.41) is 8.54. The molecule has 0 aliphatic heterocycles. The van der Waals surface area contributed by atoms with Crippen LogP contribution in [0.5, 0.6) is 0 Å². The SMILES string of the molecule is Cc1cc(C)c(N=Nc2ccccc2)cc1C. The van der Waals surface area contributed by atoms with Crippen LogP contribution in [0.25, 0.3) is 0 Å². The van der Waals surface area contributed by atoms with Gasteiger partial charge in [-0.1, -0.05) is 24.3 Å². The third-order valence-corrected chi connectivity index (χ3v) is 2.84. The van der Waals surface area contributed by atoms with Crippen molar-refractivity contribution in [3.63, 3.8) is 0 Å². The predicted octanol–water partition coefficient (Wildman–Crippen LogP) is 5.03. The van der Waals surface area contributed by atoms with Gasteiger partial charge in [0.15, 0.2) is 0 Å². The fourth-order valence-electron chi connectivity index (χ4n) is 1.66. The molecule has 0 saturated carbocycles. The maximum atomic E-state index is 4.30. The number of nitrogens with zero attached hydrogens (tertiary/aromatic N) is 2. The van der Waals surface area contributed by atoms with Crippen LogP contribution >= 0.6 is 0 Å². The molecule has 0 amide bonds. The van der Waals surface area contributed by atoms with Crippen LogP contribution in [-0.4, -0.2) is 0 Å². The van der Waals surface area contributed by atoms with E-state index >= 15 is 0 Å². The van der Waals surface area contributed by atoms with E-state index in [0.29, 0.717) is 0 Å². The highest BCUT2D eigenvalue weighted by molar-refractivity contribution is 5.50. The number of benzene rings is 2. The third kappa shape index (κ3) is 2.78. The lowest BCUT2D eigenvalue weighted by atomic mass is 10.1. The molecule has 2 aromatic carbocycles. The van der Waals surface area contributed by atoms with Gasteiger partial charge in [-0.2, -0.15) is 10.2 Å². The molecule has 0 aromatic heterocycles. The highest BCUT2D eigenvalue weighted by Gasteiger charge is 2.00. The Labute approximate surface area is 102 Å². The molecule has 0 unspecified atom stereocenters. The first-order valence-electron chi connectivity index (χ1n) is 5.71. The van der Waals surface area contributed by atoms with Crippen molar-refractivity contribution >= 4 is 11.4 Å². The molecule has 0 bridgehead atoms. The maximum absolute atomic E-state index is 4.30. The summed E-state index contributed by atoms with van der Waals surface area (Å²) in [6, 6.07) is 14.0. The van der Waals surface area contributed by atoms with Crippen LogP contribution in [0, 0.1) is 20.8 Å². The Bertz CT molecular complexity index is 542. The predicted molar refractivity (Wildman–Crippen MR) is 71.3 cm³/mol. The van der Waals surface area contributed by atoms with Crippen molar-refractivity contribution in [3.8, 4) is 0 Å². The summed E-state index contributed by atoms with van der Waals surface area (Å²) in [5.74, 6) is 0. The summed E-state index contributed by atoms with van der Waals surface area (Å²) in [5.41, 5.74) is 5.52. The molecule has 17 heavy (non-hydrogen) atoms. The summed E-state index contributed by atoms with van der Waals surface area (Å²) >= 11 is 0. The molecule has 2 rings (SSSR count). The van der Waals surface area contributed by atoms with E-state index < -0.39 is 0 Å². The molecule has 0 saturated heterocycles. The lowest BCUT2D eigenvalue weighted by Gasteiger charge is -2.04. The van der Waals surface area contributed by atoms with E-state index in [2.05, 4.69) is 43.1 Å². The molecule has 0 radical (unpaired) electrons. The largest absolute Gasteiger partial charge is 0.151 e. The number of rotatable bonds is 2. The number of hydrogen-bond donors (Lipinski definition) is 0. The monoisotopic (exact) mass is 224 g/mol. The normalized spacial score (nSPS) is 11.0. The van der Waals surface area contributed by atoms with E-state index in [1.165, 1.54) is 11.1 Å². The lowest BCUT2D eigenvalue weighted by Crippen LogP contribution is -1.82. The molecular formula is C15H16N2. The van der Waals surface area contributed by atoms with Crippen LogP contribution in [0.3, 0.4) is 0 Å². The van der Waals surface area contributed by atoms with E-state index in [0.717, 1.165) is 16.9 Å². The Kier molecular flexibility index (Phi) is 3.33. The van der Waals surface area contributed by atoms with E-state index in [-0.39, 0.29) is 0 Å². The zero-order valence-corrected chi connectivity index (χ0v) is 10.4. The Morgan fingerprint density at radius 2 is 1.35 bits per heavy atom. The van der Waals surface area contributed by atoms with Gasteiger partial charge in [-0.3, -0.25) is 0 Å². The van der Waals surface area contributed by atoms with Crippen molar-refractivity contribution in [3.05, 3.63) is 59.2 Å². The van der Waals surface area contributed by atoms with Gasteiger partial charge in [0.1, 0.15) is 0 Å². The second-order valence-electron chi connectivity index (χ2n) is 4.26. The average Bonchev–Trinajstić information content (AvgIpc) is 2.33. The van der Waals surface area contributed by atoms with Crippen LogP contribution in [0.1, 0.15) is 16.7 Å². The molecule has 2 nitrogen and oxygen atoms in total. The first-order chi connectivity index (χ1) is 8.16.